The topological polar surface area (TPSA) is 104 Å². The van der Waals surface area contributed by atoms with Gasteiger partial charge in [-0.05, 0) is 61.6 Å². The van der Waals surface area contributed by atoms with Crippen molar-refractivity contribution in [1.82, 2.24) is 14.9 Å². The molecule has 48 heavy (non-hydrogen) atoms. The molecule has 5 rings (SSSR count). The zero-order valence-electron chi connectivity index (χ0n) is 27.4. The summed E-state index contributed by atoms with van der Waals surface area (Å²) in [5, 5.41) is 7.78. The molecule has 0 saturated carbocycles. The maximum Gasteiger partial charge on any atom is 0.247 e. The summed E-state index contributed by atoms with van der Waals surface area (Å²) in [5.41, 5.74) is 3.14. The highest BCUT2D eigenvalue weighted by molar-refractivity contribution is 6.02. The Hall–Kier alpha value is -5.27. The summed E-state index contributed by atoms with van der Waals surface area (Å²) >= 11 is 0. The molecule has 1 amide bonds. The van der Waals surface area contributed by atoms with Crippen LogP contribution in [0.3, 0.4) is 0 Å². The number of hydrogen-bond acceptors (Lipinski definition) is 10. The molecule has 2 N–H and O–H groups in total. The third kappa shape index (κ3) is 8.55. The Morgan fingerprint density at radius 2 is 1.90 bits per heavy atom. The molecule has 1 aliphatic rings. The van der Waals surface area contributed by atoms with Gasteiger partial charge in [-0.2, -0.15) is 0 Å². The molecule has 0 bridgehead atoms. The van der Waals surface area contributed by atoms with Crippen LogP contribution in [0.15, 0.2) is 79.6 Å². The fourth-order valence-electron chi connectivity index (χ4n) is 5.23. The molecule has 1 fully saturated rings. The Balaban J connectivity index is 1.38. The summed E-state index contributed by atoms with van der Waals surface area (Å²) in [7, 11) is 7.49. The first-order valence-corrected chi connectivity index (χ1v) is 15.3. The summed E-state index contributed by atoms with van der Waals surface area (Å²) in [5.74, 6) is 0.525. The van der Waals surface area contributed by atoms with E-state index in [1.54, 1.807) is 42.5 Å². The largest absolute Gasteiger partial charge is 0.494 e. The van der Waals surface area contributed by atoms with E-state index in [4.69, 9.17) is 14.3 Å². The molecule has 1 atom stereocenters. The lowest BCUT2D eigenvalue weighted by Crippen LogP contribution is -2.29. The number of ether oxygens (including phenoxy) is 2. The van der Waals surface area contributed by atoms with Crippen LogP contribution in [0.1, 0.15) is 23.6 Å². The van der Waals surface area contributed by atoms with Crippen molar-refractivity contribution in [1.29, 1.82) is 0 Å². The van der Waals surface area contributed by atoms with E-state index in [-0.39, 0.29) is 24.4 Å². The van der Waals surface area contributed by atoms with Gasteiger partial charge in [0.15, 0.2) is 5.82 Å². The van der Waals surface area contributed by atoms with Crippen molar-refractivity contribution in [3.63, 3.8) is 0 Å². The molecule has 1 aliphatic heterocycles. The molecule has 252 valence electrons. The van der Waals surface area contributed by atoms with E-state index in [0.717, 1.165) is 12.2 Å². The minimum Gasteiger partial charge on any atom is -0.494 e. The van der Waals surface area contributed by atoms with Crippen molar-refractivity contribution >= 4 is 34.6 Å². The third-order valence-electron chi connectivity index (χ3n) is 7.67. The molecule has 11 nitrogen and oxygen atoms in total. The zero-order chi connectivity index (χ0) is 34.2. The summed E-state index contributed by atoms with van der Waals surface area (Å²) in [6.07, 6.45) is 3.18. The lowest BCUT2D eigenvalue weighted by Gasteiger charge is -2.26. The van der Waals surface area contributed by atoms with Gasteiger partial charge in [-0.25, -0.2) is 23.8 Å². The third-order valence-corrected chi connectivity index (χ3v) is 7.67. The van der Waals surface area contributed by atoms with Crippen molar-refractivity contribution in [2.24, 2.45) is 0 Å². The number of anilines is 5. The smallest absolute Gasteiger partial charge is 0.247 e. The number of amides is 1. The van der Waals surface area contributed by atoms with E-state index >= 15 is 0 Å². The highest BCUT2D eigenvalue weighted by Gasteiger charge is 2.30. The lowest BCUT2D eigenvalue weighted by atomic mass is 10.0. The van der Waals surface area contributed by atoms with Crippen LogP contribution in [0.5, 0.6) is 11.5 Å². The van der Waals surface area contributed by atoms with Crippen LogP contribution in [0.2, 0.25) is 0 Å². The lowest BCUT2D eigenvalue weighted by molar-refractivity contribution is -0.111. The van der Waals surface area contributed by atoms with Crippen LogP contribution in [-0.2, 0) is 16.2 Å². The number of halogens is 2. The number of rotatable bonds is 14. The molecular formula is C35H39F2N7O4. The molecule has 0 aliphatic carbocycles. The minimum absolute atomic E-state index is 0.0856. The molecular weight excluding hydrogens is 620 g/mol. The number of nitrogens with zero attached hydrogens (tertiary/aromatic N) is 5. The first kappa shape index (κ1) is 34.1. The number of nitrogens with one attached hydrogen (secondary N) is 2. The average Bonchev–Trinajstić information content (AvgIpc) is 3.57. The van der Waals surface area contributed by atoms with Crippen LogP contribution in [0.4, 0.5) is 37.5 Å². The maximum atomic E-state index is 14.8. The SMILES string of the molecule is C=CC(=O)Nc1cc(Nc2cc(N3OCC[C@@H]3c3cc(F)cc(OCc4cccc(F)c4)c3)ncn2)c(OC)cc1N(C)CCN(C)C. The first-order valence-electron chi connectivity index (χ1n) is 15.3. The molecule has 0 radical (unpaired) electrons. The van der Waals surface area contributed by atoms with E-state index in [1.165, 1.54) is 36.7 Å². The Kier molecular flexibility index (Phi) is 11.0. The van der Waals surface area contributed by atoms with Gasteiger partial charge in [-0.3, -0.25) is 9.63 Å². The summed E-state index contributed by atoms with van der Waals surface area (Å²) in [6.45, 7) is 5.56. The second-order valence-corrected chi connectivity index (χ2v) is 11.5. The Bertz CT molecular complexity index is 1760. The maximum absolute atomic E-state index is 14.8. The molecule has 3 aromatic carbocycles. The predicted molar refractivity (Wildman–Crippen MR) is 182 cm³/mol. The van der Waals surface area contributed by atoms with Crippen LogP contribution in [0, 0.1) is 11.6 Å². The normalized spacial score (nSPS) is 14.1. The highest BCUT2D eigenvalue weighted by Crippen LogP contribution is 2.40. The average molecular weight is 660 g/mol. The molecule has 4 aromatic rings. The van der Waals surface area contributed by atoms with Crippen LogP contribution >= 0.6 is 0 Å². The van der Waals surface area contributed by atoms with Crippen LogP contribution in [0.25, 0.3) is 0 Å². The van der Waals surface area contributed by atoms with Gasteiger partial charge in [-0.15, -0.1) is 0 Å². The Labute approximate surface area is 278 Å². The number of methoxy groups -OCH3 is 1. The summed E-state index contributed by atoms with van der Waals surface area (Å²) in [6, 6.07) is 15.5. The number of carbonyl (C=O) groups is 1. The zero-order valence-corrected chi connectivity index (χ0v) is 27.4. The van der Waals surface area contributed by atoms with Crippen molar-refractivity contribution < 1.29 is 27.9 Å². The van der Waals surface area contributed by atoms with Crippen LogP contribution in [-0.4, -0.2) is 68.7 Å². The van der Waals surface area contributed by atoms with E-state index in [9.17, 15) is 13.6 Å². The Morgan fingerprint density at radius 1 is 1.06 bits per heavy atom. The van der Waals surface area contributed by atoms with Gasteiger partial charge < -0.3 is 29.9 Å². The fraction of sp³-hybridized carbons (Fsp3) is 0.286. The number of hydrogen-bond donors (Lipinski definition) is 2. The number of likely N-dealkylation sites (N-methyl/N-ethyl adjacent to an activating group) is 2. The molecule has 2 heterocycles. The highest BCUT2D eigenvalue weighted by atomic mass is 19.1. The number of carbonyl (C=O) groups excluding carboxylic acids is 1. The number of hydroxylamine groups is 1. The van der Waals surface area contributed by atoms with Crippen molar-refractivity contribution in [3.8, 4) is 11.5 Å². The number of benzene rings is 3. The van der Waals surface area contributed by atoms with Crippen molar-refractivity contribution in [2.45, 2.75) is 19.1 Å². The van der Waals surface area contributed by atoms with Crippen LogP contribution < -0.4 is 30.1 Å². The van der Waals surface area contributed by atoms with Crippen molar-refractivity contribution in [2.75, 3.05) is 68.5 Å². The van der Waals surface area contributed by atoms with Gasteiger partial charge in [0.1, 0.15) is 41.9 Å². The molecule has 1 aromatic heterocycles. The predicted octanol–water partition coefficient (Wildman–Crippen LogP) is 6.09. The van der Waals surface area contributed by atoms with Crippen molar-refractivity contribution in [3.05, 3.63) is 102 Å². The van der Waals surface area contributed by atoms with Gasteiger partial charge in [0, 0.05) is 44.8 Å². The second-order valence-electron chi connectivity index (χ2n) is 11.5. The summed E-state index contributed by atoms with van der Waals surface area (Å²) in [4.78, 5) is 31.2. The van der Waals surface area contributed by atoms with Gasteiger partial charge in [0.2, 0.25) is 5.91 Å². The van der Waals surface area contributed by atoms with E-state index in [0.29, 0.717) is 65.2 Å². The van der Waals surface area contributed by atoms with E-state index in [1.807, 2.05) is 32.1 Å². The molecule has 0 unspecified atom stereocenters. The van der Waals surface area contributed by atoms with Gasteiger partial charge >= 0.3 is 0 Å². The standard InChI is InChI=1S/C35H39F2N7O4/c1-6-35(45)41-28-18-29(32(46-5)19-31(28)43(4)12-11-42(2)3)40-33-20-34(39-22-38-33)44-30(10-13-48-44)24-15-26(37)17-27(16-24)47-21-23-8-7-9-25(36)14-23/h6-9,14-20,22,30H,1,10-13,21H2,2-5H3,(H,41,45)(H,38,39,40)/t30-/m1/s1. The van der Waals surface area contributed by atoms with Gasteiger partial charge in [0.05, 0.1) is 36.8 Å². The van der Waals surface area contributed by atoms with E-state index in [2.05, 4.69) is 32.1 Å². The molecule has 0 spiro atoms. The second kappa shape index (κ2) is 15.5. The minimum atomic E-state index is -0.471. The quantitative estimate of drug-likeness (QED) is 0.155. The molecule has 13 heteroatoms. The monoisotopic (exact) mass is 659 g/mol. The molecule has 1 saturated heterocycles. The van der Waals surface area contributed by atoms with E-state index < -0.39 is 5.82 Å². The Morgan fingerprint density at radius 3 is 2.65 bits per heavy atom. The van der Waals surface area contributed by atoms with Gasteiger partial charge in [-0.1, -0.05) is 18.7 Å². The number of aromatic nitrogens is 2. The fourth-order valence-corrected chi connectivity index (χ4v) is 5.23. The summed E-state index contributed by atoms with van der Waals surface area (Å²) < 4.78 is 39.9. The van der Waals surface area contributed by atoms with Gasteiger partial charge in [0.25, 0.3) is 0 Å². The first-order chi connectivity index (χ1) is 23.1.